The van der Waals surface area contributed by atoms with Crippen LogP contribution in [0.15, 0.2) is 201 Å². The van der Waals surface area contributed by atoms with Crippen LogP contribution in [0.3, 0.4) is 0 Å². The second kappa shape index (κ2) is 15.9. The first kappa shape index (κ1) is 36.1. The van der Waals surface area contributed by atoms with E-state index in [4.69, 9.17) is 19.9 Å². The van der Waals surface area contributed by atoms with E-state index >= 15 is 0 Å². The predicted octanol–water partition coefficient (Wildman–Crippen LogP) is 13.9. The third-order valence-corrected chi connectivity index (χ3v) is 10.6. The molecule has 0 bridgehead atoms. The first-order valence-electron chi connectivity index (χ1n) is 19.5. The lowest BCUT2D eigenvalue weighted by atomic mass is 9.99. The number of aromatic nitrogens is 4. The Hall–Kier alpha value is -7.56. The minimum atomic E-state index is 0.677. The van der Waals surface area contributed by atoms with E-state index in [-0.39, 0.29) is 0 Å². The molecule has 4 nitrogen and oxygen atoms in total. The van der Waals surface area contributed by atoms with Gasteiger partial charge < -0.3 is 0 Å². The zero-order valence-corrected chi connectivity index (χ0v) is 32.5. The van der Waals surface area contributed by atoms with Crippen molar-refractivity contribution in [1.29, 1.82) is 0 Å². The SMILES string of the molecule is C=C/C=C(\C=C(/C)c1ccc(-c2nc(-c3ccccc3)cc(-c3ccc(-c4ccccc4)cc3)n2)cc1)c1ccc2ccc3c(C)cc(-c4ccccc4)nc3c2n1. The lowest BCUT2D eigenvalue weighted by molar-refractivity contribution is 1.18. The number of aryl methyl sites for hydroxylation is 1. The number of rotatable bonds is 9. The molecule has 0 saturated heterocycles. The number of allylic oxidation sites excluding steroid dienone is 5. The standard InChI is InChI=1S/C54H40N4/c1-4-14-46(48-32-30-44-29-31-47-37(3)34-49(41-17-10-6-11-18-41)56-53(47)52(44)55-48)33-36(2)38-21-27-45(28-22-38)54-57-50(42-19-12-7-13-20-42)35-51(58-54)43-25-23-40(24-26-43)39-15-8-5-9-16-39/h4-35H,1H2,2-3H3/b36-33+,46-14+. The first-order valence-corrected chi connectivity index (χ1v) is 19.5. The van der Waals surface area contributed by atoms with Gasteiger partial charge in [0.05, 0.1) is 33.8 Å². The molecule has 0 spiro atoms. The summed E-state index contributed by atoms with van der Waals surface area (Å²) in [5.74, 6) is 0.677. The van der Waals surface area contributed by atoms with E-state index in [0.29, 0.717) is 5.82 Å². The van der Waals surface area contributed by atoms with Crippen molar-refractivity contribution in [1.82, 2.24) is 19.9 Å². The van der Waals surface area contributed by atoms with Crippen molar-refractivity contribution >= 4 is 33.0 Å². The summed E-state index contributed by atoms with van der Waals surface area (Å²) in [5.41, 5.74) is 16.1. The van der Waals surface area contributed by atoms with Gasteiger partial charge in [-0.15, -0.1) is 0 Å². The minimum absolute atomic E-state index is 0.677. The van der Waals surface area contributed by atoms with Gasteiger partial charge in [-0.3, -0.25) is 0 Å². The average Bonchev–Trinajstić information content (AvgIpc) is 3.29. The Morgan fingerprint density at radius 1 is 0.483 bits per heavy atom. The summed E-state index contributed by atoms with van der Waals surface area (Å²) in [5, 5.41) is 2.15. The van der Waals surface area contributed by atoms with Gasteiger partial charge in [0.15, 0.2) is 5.82 Å². The maximum absolute atomic E-state index is 5.25. The van der Waals surface area contributed by atoms with Gasteiger partial charge >= 0.3 is 0 Å². The maximum Gasteiger partial charge on any atom is 0.160 e. The number of hydrogen-bond donors (Lipinski definition) is 0. The van der Waals surface area contributed by atoms with Crippen LogP contribution >= 0.6 is 0 Å². The minimum Gasteiger partial charge on any atom is -0.245 e. The van der Waals surface area contributed by atoms with Crippen molar-refractivity contribution in [3.63, 3.8) is 0 Å². The normalized spacial score (nSPS) is 11.9. The van der Waals surface area contributed by atoms with E-state index in [9.17, 15) is 0 Å². The van der Waals surface area contributed by atoms with E-state index < -0.39 is 0 Å². The van der Waals surface area contributed by atoms with Crippen LogP contribution in [0.25, 0.3) is 89.2 Å². The fourth-order valence-electron chi connectivity index (χ4n) is 7.44. The van der Waals surface area contributed by atoms with Crippen molar-refractivity contribution in [2.45, 2.75) is 13.8 Å². The molecule has 0 aliphatic rings. The highest BCUT2D eigenvalue weighted by Gasteiger charge is 2.14. The molecule has 0 unspecified atom stereocenters. The highest BCUT2D eigenvalue weighted by atomic mass is 14.9. The molecular weight excluding hydrogens is 705 g/mol. The van der Waals surface area contributed by atoms with Crippen LogP contribution in [-0.2, 0) is 0 Å². The molecule has 0 atom stereocenters. The van der Waals surface area contributed by atoms with Crippen molar-refractivity contribution in [3.8, 4) is 56.3 Å². The van der Waals surface area contributed by atoms with Crippen LogP contribution in [-0.4, -0.2) is 19.9 Å². The van der Waals surface area contributed by atoms with E-state index in [2.05, 4.69) is 160 Å². The van der Waals surface area contributed by atoms with E-state index in [1.807, 2.05) is 54.6 Å². The molecule has 3 aromatic heterocycles. The van der Waals surface area contributed by atoms with E-state index in [1.165, 1.54) is 16.7 Å². The Balaban J connectivity index is 1.05. The van der Waals surface area contributed by atoms with Gasteiger partial charge in [0.25, 0.3) is 0 Å². The van der Waals surface area contributed by atoms with Crippen LogP contribution in [0, 0.1) is 6.92 Å². The quantitative estimate of drug-likeness (QED) is 0.109. The van der Waals surface area contributed by atoms with Gasteiger partial charge in [0.2, 0.25) is 0 Å². The summed E-state index contributed by atoms with van der Waals surface area (Å²) in [4.78, 5) is 20.6. The summed E-state index contributed by atoms with van der Waals surface area (Å²) in [6.07, 6.45) is 6.01. The monoisotopic (exact) mass is 744 g/mol. The number of pyridine rings is 2. The summed E-state index contributed by atoms with van der Waals surface area (Å²) in [7, 11) is 0. The maximum atomic E-state index is 5.25. The molecule has 0 aliphatic heterocycles. The lowest BCUT2D eigenvalue weighted by Crippen LogP contribution is -1.96. The van der Waals surface area contributed by atoms with Gasteiger partial charge in [-0.1, -0.05) is 176 Å². The fraction of sp³-hybridized carbons (Fsp3) is 0.0370. The predicted molar refractivity (Wildman–Crippen MR) is 243 cm³/mol. The van der Waals surface area contributed by atoms with Gasteiger partial charge in [-0.05, 0) is 65.9 Å². The van der Waals surface area contributed by atoms with Gasteiger partial charge in [-0.2, -0.15) is 0 Å². The Morgan fingerprint density at radius 3 is 1.62 bits per heavy atom. The van der Waals surface area contributed by atoms with Crippen LogP contribution in [0.4, 0.5) is 0 Å². The molecule has 4 heteroatoms. The van der Waals surface area contributed by atoms with E-state index in [0.717, 1.165) is 83.5 Å². The molecule has 0 saturated carbocycles. The lowest BCUT2D eigenvalue weighted by Gasteiger charge is -2.12. The van der Waals surface area contributed by atoms with Crippen LogP contribution in [0.2, 0.25) is 0 Å². The van der Waals surface area contributed by atoms with Crippen LogP contribution < -0.4 is 0 Å². The van der Waals surface area contributed by atoms with Crippen molar-refractivity contribution < 1.29 is 0 Å². The molecule has 3 heterocycles. The Morgan fingerprint density at radius 2 is 1.00 bits per heavy atom. The molecule has 276 valence electrons. The van der Waals surface area contributed by atoms with Gasteiger partial charge in [0, 0.05) is 38.6 Å². The first-order chi connectivity index (χ1) is 28.5. The molecule has 0 aliphatic carbocycles. The topological polar surface area (TPSA) is 51.6 Å². The summed E-state index contributed by atoms with van der Waals surface area (Å²) in [6, 6.07) is 60.8. The number of nitrogens with zero attached hydrogens (tertiary/aromatic N) is 4. The smallest absolute Gasteiger partial charge is 0.160 e. The zero-order chi connectivity index (χ0) is 39.4. The van der Waals surface area contributed by atoms with Crippen LogP contribution in [0.1, 0.15) is 23.7 Å². The Kier molecular flexibility index (Phi) is 9.89. The highest BCUT2D eigenvalue weighted by molar-refractivity contribution is 6.05. The van der Waals surface area contributed by atoms with Gasteiger partial charge in [-0.25, -0.2) is 19.9 Å². The second-order valence-corrected chi connectivity index (χ2v) is 14.5. The molecule has 0 radical (unpaired) electrons. The molecular formula is C54H40N4. The van der Waals surface area contributed by atoms with Gasteiger partial charge in [0.1, 0.15) is 0 Å². The molecule has 0 fully saturated rings. The summed E-state index contributed by atoms with van der Waals surface area (Å²) in [6.45, 7) is 8.31. The molecule has 58 heavy (non-hydrogen) atoms. The average molecular weight is 745 g/mol. The zero-order valence-electron chi connectivity index (χ0n) is 32.5. The largest absolute Gasteiger partial charge is 0.245 e. The van der Waals surface area contributed by atoms with Crippen molar-refractivity contribution in [3.05, 3.63) is 218 Å². The third kappa shape index (κ3) is 7.39. The summed E-state index contributed by atoms with van der Waals surface area (Å²) >= 11 is 0. The van der Waals surface area contributed by atoms with Crippen molar-refractivity contribution in [2.24, 2.45) is 0 Å². The number of fused-ring (bicyclic) bond motifs is 3. The molecule has 6 aromatic carbocycles. The van der Waals surface area contributed by atoms with Crippen LogP contribution in [0.5, 0.6) is 0 Å². The highest BCUT2D eigenvalue weighted by Crippen LogP contribution is 2.33. The molecule has 0 amide bonds. The molecule has 9 aromatic rings. The van der Waals surface area contributed by atoms with Crippen molar-refractivity contribution in [2.75, 3.05) is 0 Å². The Labute approximate surface area is 339 Å². The third-order valence-electron chi connectivity index (χ3n) is 10.6. The molecule has 9 rings (SSSR count). The van der Waals surface area contributed by atoms with E-state index in [1.54, 1.807) is 0 Å². The fourth-order valence-corrected chi connectivity index (χ4v) is 7.44. The molecule has 0 N–H and O–H groups in total. The number of benzene rings is 6. The Bertz CT molecular complexity index is 2990. The second-order valence-electron chi connectivity index (χ2n) is 14.5. The number of hydrogen-bond acceptors (Lipinski definition) is 4. The summed E-state index contributed by atoms with van der Waals surface area (Å²) < 4.78 is 0.